The summed E-state index contributed by atoms with van der Waals surface area (Å²) in [5, 5.41) is 7.10. The van der Waals surface area contributed by atoms with E-state index in [4.69, 9.17) is 21.7 Å². The van der Waals surface area contributed by atoms with Crippen LogP contribution in [0.15, 0.2) is 23.3 Å². The molecule has 0 atom stereocenters. The Morgan fingerprint density at radius 2 is 2.14 bits per heavy atom. The van der Waals surface area contributed by atoms with Crippen molar-refractivity contribution in [3.8, 4) is 11.5 Å². The Balaban J connectivity index is 2.73. The number of rotatable bonds is 6. The minimum Gasteiger partial charge on any atom is -0.493 e. The molecule has 0 radical (unpaired) electrons. The van der Waals surface area contributed by atoms with Crippen LogP contribution in [0.3, 0.4) is 0 Å². The smallest absolute Gasteiger partial charge is 0.343 e. The molecule has 1 aromatic carbocycles. The number of hydrogen-bond acceptors (Lipinski definition) is 6. The zero-order valence-corrected chi connectivity index (χ0v) is 12.8. The van der Waals surface area contributed by atoms with Gasteiger partial charge in [-0.25, -0.2) is 4.79 Å². The molecular weight excluding hydrogens is 294 g/mol. The molecule has 0 aliphatic rings. The number of nitrogens with zero attached hydrogens (tertiary/aromatic N) is 1. The summed E-state index contributed by atoms with van der Waals surface area (Å²) in [6.07, 6.45) is 1.58. The van der Waals surface area contributed by atoms with E-state index in [1.54, 1.807) is 31.5 Å². The first kappa shape index (κ1) is 16.7. The summed E-state index contributed by atoms with van der Waals surface area (Å²) in [6, 6.07) is 5.17. The number of methoxy groups -OCH3 is 2. The van der Waals surface area contributed by atoms with Gasteiger partial charge in [0.2, 0.25) is 0 Å². The van der Waals surface area contributed by atoms with Gasteiger partial charge in [0.05, 0.1) is 20.4 Å². The van der Waals surface area contributed by atoms with Crippen LogP contribution in [0.2, 0.25) is 0 Å². The van der Waals surface area contributed by atoms with Gasteiger partial charge in [-0.1, -0.05) is 0 Å². The third kappa shape index (κ3) is 5.65. The van der Waals surface area contributed by atoms with Crippen LogP contribution >= 0.6 is 12.2 Å². The number of nitrogens with one attached hydrogen (secondary N) is 2. The second-order valence-corrected chi connectivity index (χ2v) is 4.13. The van der Waals surface area contributed by atoms with Crippen molar-refractivity contribution in [2.24, 2.45) is 5.10 Å². The molecule has 2 N–H and O–H groups in total. The topological polar surface area (TPSA) is 81.2 Å². The lowest BCUT2D eigenvalue weighted by molar-refractivity contribution is -0.142. The second-order valence-electron chi connectivity index (χ2n) is 3.72. The summed E-state index contributed by atoms with van der Waals surface area (Å²) in [7, 11) is 4.50. The molecule has 0 aliphatic carbocycles. The largest absolute Gasteiger partial charge is 0.493 e. The van der Waals surface area contributed by atoms with Crippen LogP contribution in [-0.4, -0.2) is 45.2 Å². The van der Waals surface area contributed by atoms with Crippen LogP contribution < -0.4 is 20.2 Å². The van der Waals surface area contributed by atoms with Crippen molar-refractivity contribution >= 4 is 29.5 Å². The normalized spacial score (nSPS) is 10.0. The number of hydrogen-bond donors (Lipinski definition) is 2. The van der Waals surface area contributed by atoms with Crippen molar-refractivity contribution in [2.75, 3.05) is 27.9 Å². The van der Waals surface area contributed by atoms with Gasteiger partial charge < -0.3 is 19.5 Å². The summed E-state index contributed by atoms with van der Waals surface area (Å²) in [5.74, 6) is 0.463. The first-order valence-electron chi connectivity index (χ1n) is 5.99. The summed E-state index contributed by atoms with van der Waals surface area (Å²) in [5.41, 5.74) is 3.42. The van der Waals surface area contributed by atoms with Gasteiger partial charge in [-0.2, -0.15) is 5.10 Å². The SMILES string of the molecule is CNC(=S)N/N=C/c1ccc(OCC(=O)OC)c(OC)c1. The van der Waals surface area contributed by atoms with E-state index in [2.05, 4.69) is 20.6 Å². The van der Waals surface area contributed by atoms with Crippen LogP contribution in [-0.2, 0) is 9.53 Å². The minimum atomic E-state index is -0.465. The molecule has 0 amide bonds. The average Bonchev–Trinajstić information content (AvgIpc) is 2.52. The number of benzene rings is 1. The lowest BCUT2D eigenvalue weighted by Gasteiger charge is -2.10. The van der Waals surface area contributed by atoms with E-state index in [1.807, 2.05) is 0 Å². The van der Waals surface area contributed by atoms with Gasteiger partial charge in [-0.05, 0) is 36.0 Å². The van der Waals surface area contributed by atoms with Crippen molar-refractivity contribution in [3.05, 3.63) is 23.8 Å². The number of hydrazone groups is 1. The van der Waals surface area contributed by atoms with E-state index in [-0.39, 0.29) is 6.61 Å². The van der Waals surface area contributed by atoms with E-state index >= 15 is 0 Å². The number of carbonyl (C=O) groups is 1. The molecule has 0 bridgehead atoms. The average molecular weight is 311 g/mol. The number of ether oxygens (including phenoxy) is 3. The third-order valence-electron chi connectivity index (χ3n) is 2.37. The molecule has 21 heavy (non-hydrogen) atoms. The monoisotopic (exact) mass is 311 g/mol. The van der Waals surface area contributed by atoms with E-state index in [0.29, 0.717) is 16.6 Å². The second kappa shape index (κ2) is 8.75. The lowest BCUT2D eigenvalue weighted by Crippen LogP contribution is -2.28. The standard InChI is InChI=1S/C13H17N3O4S/c1-14-13(21)16-15-7-9-4-5-10(11(6-9)18-2)20-8-12(17)19-3/h4-7H,8H2,1-3H3,(H2,14,16,21)/b15-7+. The van der Waals surface area contributed by atoms with Gasteiger partial charge >= 0.3 is 5.97 Å². The Morgan fingerprint density at radius 1 is 1.38 bits per heavy atom. The van der Waals surface area contributed by atoms with Gasteiger partial charge in [0.15, 0.2) is 23.2 Å². The highest BCUT2D eigenvalue weighted by Crippen LogP contribution is 2.27. The number of esters is 1. The van der Waals surface area contributed by atoms with Crippen molar-refractivity contribution in [1.29, 1.82) is 0 Å². The van der Waals surface area contributed by atoms with E-state index in [0.717, 1.165) is 5.56 Å². The lowest BCUT2D eigenvalue weighted by atomic mass is 10.2. The Kier molecular flexibility index (Phi) is 6.96. The van der Waals surface area contributed by atoms with Gasteiger partial charge in [0, 0.05) is 7.05 Å². The molecule has 1 rings (SSSR count). The van der Waals surface area contributed by atoms with Gasteiger partial charge in [0.1, 0.15) is 0 Å². The van der Waals surface area contributed by atoms with Gasteiger partial charge in [0.25, 0.3) is 0 Å². The van der Waals surface area contributed by atoms with Gasteiger partial charge in [-0.3, -0.25) is 5.43 Å². The molecule has 0 aliphatic heterocycles. The molecule has 7 nitrogen and oxygen atoms in total. The Hall–Kier alpha value is -2.35. The summed E-state index contributed by atoms with van der Waals surface area (Å²) >= 11 is 4.89. The molecule has 0 saturated heterocycles. The maximum Gasteiger partial charge on any atom is 0.343 e. The van der Waals surface area contributed by atoms with Crippen molar-refractivity contribution < 1.29 is 19.0 Å². The molecule has 0 unspecified atom stereocenters. The molecule has 0 heterocycles. The predicted octanol–water partition coefficient (Wildman–Crippen LogP) is 0.675. The highest BCUT2D eigenvalue weighted by atomic mass is 32.1. The van der Waals surface area contributed by atoms with E-state index in [1.165, 1.54) is 14.2 Å². The molecule has 0 fully saturated rings. The highest BCUT2D eigenvalue weighted by molar-refractivity contribution is 7.80. The molecule has 8 heteroatoms. The molecule has 0 aromatic heterocycles. The fourth-order valence-corrected chi connectivity index (χ4v) is 1.35. The first-order chi connectivity index (χ1) is 10.1. The summed E-state index contributed by atoms with van der Waals surface area (Å²) in [6.45, 7) is -0.182. The summed E-state index contributed by atoms with van der Waals surface area (Å²) in [4.78, 5) is 11.0. The maximum absolute atomic E-state index is 11.0. The first-order valence-corrected chi connectivity index (χ1v) is 6.40. The fourth-order valence-electron chi connectivity index (χ4n) is 1.30. The van der Waals surface area contributed by atoms with Crippen LogP contribution in [0.25, 0.3) is 0 Å². The van der Waals surface area contributed by atoms with E-state index in [9.17, 15) is 4.79 Å². The molecule has 1 aromatic rings. The van der Waals surface area contributed by atoms with Crippen LogP contribution in [0.1, 0.15) is 5.56 Å². The van der Waals surface area contributed by atoms with Crippen molar-refractivity contribution in [3.63, 3.8) is 0 Å². The zero-order valence-electron chi connectivity index (χ0n) is 12.0. The summed E-state index contributed by atoms with van der Waals surface area (Å²) < 4.78 is 15.0. The van der Waals surface area contributed by atoms with Gasteiger partial charge in [-0.15, -0.1) is 0 Å². The van der Waals surface area contributed by atoms with Crippen LogP contribution in [0.5, 0.6) is 11.5 Å². The number of thiocarbonyl (C=S) groups is 1. The molecule has 0 saturated carbocycles. The van der Waals surface area contributed by atoms with Crippen molar-refractivity contribution in [1.82, 2.24) is 10.7 Å². The van der Waals surface area contributed by atoms with Crippen LogP contribution in [0.4, 0.5) is 0 Å². The predicted molar refractivity (Wildman–Crippen MR) is 82.9 cm³/mol. The molecular formula is C13H17N3O4S. The van der Waals surface area contributed by atoms with Crippen LogP contribution in [0, 0.1) is 0 Å². The number of carbonyl (C=O) groups excluding carboxylic acids is 1. The Labute approximate surface area is 128 Å². The highest BCUT2D eigenvalue weighted by Gasteiger charge is 2.08. The quantitative estimate of drug-likeness (QED) is 0.346. The Morgan fingerprint density at radius 3 is 2.76 bits per heavy atom. The molecule has 0 spiro atoms. The van der Waals surface area contributed by atoms with Crippen molar-refractivity contribution in [2.45, 2.75) is 0 Å². The Bertz CT molecular complexity index is 534. The fraction of sp³-hybridized carbons (Fsp3) is 0.308. The maximum atomic E-state index is 11.0. The third-order valence-corrected chi connectivity index (χ3v) is 2.66. The minimum absolute atomic E-state index is 0.182. The molecule has 114 valence electrons. The zero-order chi connectivity index (χ0) is 15.7. The van der Waals surface area contributed by atoms with E-state index < -0.39 is 5.97 Å².